The van der Waals surface area contributed by atoms with E-state index in [0.717, 1.165) is 66.8 Å². The van der Waals surface area contributed by atoms with E-state index in [2.05, 4.69) is 132 Å². The van der Waals surface area contributed by atoms with Gasteiger partial charge in [0, 0.05) is 38.8 Å². The third-order valence-electron chi connectivity index (χ3n) is 9.17. The van der Waals surface area contributed by atoms with Crippen molar-refractivity contribution < 1.29 is 0 Å². The Kier molecular flexibility index (Phi) is 6.95. The Morgan fingerprint density at radius 2 is 1.08 bits per heavy atom. The van der Waals surface area contributed by atoms with Gasteiger partial charge >= 0.3 is 0 Å². The molecule has 0 spiro atoms. The minimum atomic E-state index is 0.327. The maximum atomic E-state index is 8.49. The third-order valence-corrected chi connectivity index (χ3v) is 9.37. The van der Waals surface area contributed by atoms with E-state index in [9.17, 15) is 0 Å². The van der Waals surface area contributed by atoms with Gasteiger partial charge in [-0.15, -0.1) is 0 Å². The molecular weight excluding hydrogens is 619 g/mol. The molecule has 9 rings (SSSR count). The average molecular weight is 646 g/mol. The summed E-state index contributed by atoms with van der Waals surface area (Å²) >= 11 is 4.23. The van der Waals surface area contributed by atoms with E-state index >= 15 is 0 Å². The van der Waals surface area contributed by atoms with Gasteiger partial charge in [-0.1, -0.05) is 115 Å². The van der Waals surface area contributed by atoms with Gasteiger partial charge in [0.15, 0.2) is 5.82 Å². The molecule has 0 saturated heterocycles. The number of hydrogen-bond acceptors (Lipinski definition) is 6. The number of fused-ring (bicyclic) bond motifs is 5. The summed E-state index contributed by atoms with van der Waals surface area (Å²) in [5.74, 6) is 0.673. The molecule has 2 aromatic heterocycles. The second kappa shape index (κ2) is 11.8. The highest BCUT2D eigenvalue weighted by molar-refractivity contribution is 7.79. The van der Waals surface area contributed by atoms with Crippen molar-refractivity contribution in [3.05, 3.63) is 157 Å². The van der Waals surface area contributed by atoms with Crippen LogP contribution in [-0.4, -0.2) is 26.4 Å². The number of hydrogen-bond donors (Lipinski definition) is 2. The number of rotatable bonds is 4. The quantitative estimate of drug-likeness (QED) is 0.187. The number of para-hydroxylation sites is 1. The van der Waals surface area contributed by atoms with E-state index in [0.29, 0.717) is 17.2 Å². The number of benzene rings is 6. The Hall–Kier alpha value is -6.24. The van der Waals surface area contributed by atoms with E-state index in [1.807, 2.05) is 30.3 Å². The largest absolute Gasteiger partial charge is 0.299 e. The highest BCUT2D eigenvalue weighted by atomic mass is 32.1. The maximum Gasteiger partial charge on any atom is 0.160 e. The van der Waals surface area contributed by atoms with Crippen LogP contribution in [0.15, 0.2) is 150 Å². The van der Waals surface area contributed by atoms with Crippen molar-refractivity contribution in [2.75, 3.05) is 0 Å². The van der Waals surface area contributed by atoms with Crippen LogP contribution in [0.1, 0.15) is 11.1 Å². The normalized spacial score (nSPS) is 13.4. The van der Waals surface area contributed by atoms with Gasteiger partial charge in [0.1, 0.15) is 5.71 Å². The van der Waals surface area contributed by atoms with Gasteiger partial charge in [0.05, 0.1) is 28.3 Å². The summed E-state index contributed by atoms with van der Waals surface area (Å²) in [7, 11) is 0. The van der Waals surface area contributed by atoms with Crippen LogP contribution >= 0.6 is 12.8 Å². The molecule has 49 heavy (non-hydrogen) atoms. The minimum absolute atomic E-state index is 0.327. The predicted octanol–water partition coefficient (Wildman–Crippen LogP) is 10.7. The molecule has 0 amide bonds. The molecule has 5 nitrogen and oxygen atoms in total. The molecule has 6 aromatic carbocycles. The zero-order chi connectivity index (χ0) is 32.9. The smallest absolute Gasteiger partial charge is 0.160 e. The number of allylic oxidation sites excluding steroid dienone is 1. The number of nitrogens with one attached hydrogen (secondary N) is 1. The zero-order valence-electron chi connectivity index (χ0n) is 26.2. The molecule has 0 bridgehead atoms. The van der Waals surface area contributed by atoms with Crippen LogP contribution in [0.2, 0.25) is 0 Å². The topological polar surface area (TPSA) is 74.9 Å². The van der Waals surface area contributed by atoms with Gasteiger partial charge in [0.25, 0.3) is 0 Å². The highest BCUT2D eigenvalue weighted by Gasteiger charge is 2.24. The summed E-state index contributed by atoms with van der Waals surface area (Å²) < 4.78 is 4.20. The number of nitrogens with zero attached hydrogens (tertiary/aromatic N) is 4. The van der Waals surface area contributed by atoms with Gasteiger partial charge in [-0.25, -0.2) is 19.3 Å². The van der Waals surface area contributed by atoms with Crippen LogP contribution in [0.5, 0.6) is 0 Å². The molecule has 0 radical (unpaired) electrons. The van der Waals surface area contributed by atoms with Crippen LogP contribution in [-0.2, 0) is 0 Å². The molecule has 230 valence electrons. The molecular formula is C43H27N5S. The van der Waals surface area contributed by atoms with Crippen LogP contribution in [0, 0.1) is 5.41 Å². The highest BCUT2D eigenvalue weighted by Crippen LogP contribution is 2.36. The molecule has 0 atom stereocenters. The summed E-state index contributed by atoms with van der Waals surface area (Å²) in [6.07, 6.45) is 3.72. The third kappa shape index (κ3) is 5.10. The van der Waals surface area contributed by atoms with E-state index in [1.54, 1.807) is 6.08 Å². The van der Waals surface area contributed by atoms with E-state index < -0.39 is 0 Å². The van der Waals surface area contributed by atoms with Crippen molar-refractivity contribution in [1.29, 1.82) is 5.41 Å². The molecule has 0 saturated carbocycles. The number of thiol groups is 1. The fourth-order valence-electron chi connectivity index (χ4n) is 6.70. The first kappa shape index (κ1) is 28.9. The first-order valence-corrected chi connectivity index (χ1v) is 16.4. The Labute approximate surface area is 288 Å². The van der Waals surface area contributed by atoms with Crippen molar-refractivity contribution in [2.45, 2.75) is 0 Å². The maximum absolute atomic E-state index is 8.49. The van der Waals surface area contributed by atoms with E-state index in [-0.39, 0.29) is 0 Å². The molecule has 0 unspecified atom stereocenters. The van der Waals surface area contributed by atoms with Crippen LogP contribution < -0.4 is 0 Å². The van der Waals surface area contributed by atoms with Gasteiger partial charge in [-0.3, -0.25) is 5.41 Å². The van der Waals surface area contributed by atoms with Crippen molar-refractivity contribution in [2.24, 2.45) is 4.40 Å². The number of aromatic nitrogens is 3. The lowest BCUT2D eigenvalue weighted by Crippen LogP contribution is -2.18. The second-order valence-electron chi connectivity index (χ2n) is 12.1. The van der Waals surface area contributed by atoms with Crippen molar-refractivity contribution in [1.82, 2.24) is 15.0 Å². The summed E-state index contributed by atoms with van der Waals surface area (Å²) in [6, 6.07) is 48.0. The molecule has 6 heteroatoms. The van der Waals surface area contributed by atoms with E-state index in [1.165, 1.54) is 16.2 Å². The summed E-state index contributed by atoms with van der Waals surface area (Å²) in [4.78, 5) is 15.3. The average Bonchev–Trinajstić information content (AvgIpc) is 3.17. The molecule has 8 aromatic rings. The SMILES string of the molecule is N=C1C=Cc2c(-c3ccc(-c4cc(-c5ccc6ccccc6c5)nc(-c5ccc6ccccc6c5)n4)cc3)nc3ccccc3c2/C1=N/S. The lowest BCUT2D eigenvalue weighted by atomic mass is 9.88. The molecule has 0 fully saturated rings. The first-order valence-electron chi connectivity index (χ1n) is 16.0. The standard InChI is InChI=1S/C43H27N5S/c44-36-22-21-35-40(42(36)48-49)34-11-5-6-12-37(34)45-41(35)29-17-15-28(16-18-29)38-25-39(32-19-13-26-7-1-3-9-30(26)23-32)47-43(46-38)33-20-14-27-8-2-4-10-31(27)24-33/h1-25,44,49H/b44-36?,48-42+. The van der Waals surface area contributed by atoms with Crippen molar-refractivity contribution in [3.63, 3.8) is 0 Å². The Morgan fingerprint density at radius 3 is 1.80 bits per heavy atom. The molecule has 1 N–H and O–H groups in total. The Morgan fingerprint density at radius 1 is 0.510 bits per heavy atom. The predicted molar refractivity (Wildman–Crippen MR) is 206 cm³/mol. The van der Waals surface area contributed by atoms with Crippen molar-refractivity contribution >= 4 is 62.8 Å². The molecule has 0 aliphatic heterocycles. The molecule has 2 heterocycles. The summed E-state index contributed by atoms with van der Waals surface area (Å²) in [5, 5.41) is 14.1. The van der Waals surface area contributed by atoms with Crippen LogP contribution in [0.25, 0.3) is 83.7 Å². The van der Waals surface area contributed by atoms with Gasteiger partial charge in [-0.05, 0) is 70.8 Å². The molecule has 1 aliphatic rings. The van der Waals surface area contributed by atoms with Gasteiger partial charge < -0.3 is 0 Å². The fraction of sp³-hybridized carbons (Fsp3) is 0. The first-order chi connectivity index (χ1) is 24.1. The van der Waals surface area contributed by atoms with Crippen molar-refractivity contribution in [3.8, 4) is 45.2 Å². The number of pyridine rings is 1. The zero-order valence-corrected chi connectivity index (χ0v) is 27.1. The van der Waals surface area contributed by atoms with E-state index in [4.69, 9.17) is 20.4 Å². The summed E-state index contributed by atoms with van der Waals surface area (Å²) in [6.45, 7) is 0. The summed E-state index contributed by atoms with van der Waals surface area (Å²) in [5.41, 5.74) is 9.96. The Bertz CT molecular complexity index is 2590. The minimum Gasteiger partial charge on any atom is -0.299 e. The Balaban J connectivity index is 1.19. The monoisotopic (exact) mass is 645 g/mol. The lowest BCUT2D eigenvalue weighted by molar-refractivity contribution is 1.18. The fourth-order valence-corrected chi connectivity index (χ4v) is 6.90. The molecule has 1 aliphatic carbocycles. The van der Waals surface area contributed by atoms with Gasteiger partial charge in [-0.2, -0.15) is 0 Å². The van der Waals surface area contributed by atoms with Crippen LogP contribution in [0.3, 0.4) is 0 Å². The van der Waals surface area contributed by atoms with Crippen LogP contribution in [0.4, 0.5) is 0 Å². The van der Waals surface area contributed by atoms with Gasteiger partial charge in [0.2, 0.25) is 0 Å². The lowest BCUT2D eigenvalue weighted by Gasteiger charge is -2.19. The second-order valence-corrected chi connectivity index (χ2v) is 12.3.